The van der Waals surface area contributed by atoms with Gasteiger partial charge in [0, 0.05) is 16.9 Å². The third kappa shape index (κ3) is 7.26. The molecule has 2 N–H and O–H groups in total. The lowest BCUT2D eigenvalue weighted by Gasteiger charge is -2.11. The van der Waals surface area contributed by atoms with Crippen LogP contribution in [0.4, 0.5) is 14.5 Å². The molecule has 0 aliphatic rings. The number of nitrogens with zero attached hydrogens (tertiary/aromatic N) is 3. The molecule has 3 aromatic carbocycles. The van der Waals surface area contributed by atoms with Crippen LogP contribution in [0.2, 0.25) is 0 Å². The molecular formula is C27H23F2N5O4S. The van der Waals surface area contributed by atoms with E-state index in [-0.39, 0.29) is 30.4 Å². The number of amides is 2. The Kier molecular flexibility index (Phi) is 9.00. The molecule has 4 aromatic rings. The van der Waals surface area contributed by atoms with Crippen LogP contribution in [-0.2, 0) is 16.1 Å². The van der Waals surface area contributed by atoms with Crippen molar-refractivity contribution in [1.29, 1.82) is 0 Å². The molecular weight excluding hydrogens is 528 g/mol. The van der Waals surface area contributed by atoms with Crippen molar-refractivity contribution in [2.75, 3.05) is 17.7 Å². The van der Waals surface area contributed by atoms with Gasteiger partial charge in [-0.3, -0.25) is 14.2 Å². The van der Waals surface area contributed by atoms with Gasteiger partial charge in [-0.15, -0.1) is 10.2 Å². The largest absolute Gasteiger partial charge is 0.462 e. The molecule has 1 heterocycles. The van der Waals surface area contributed by atoms with Gasteiger partial charge in [-0.05, 0) is 73.7 Å². The van der Waals surface area contributed by atoms with Gasteiger partial charge < -0.3 is 15.4 Å². The summed E-state index contributed by atoms with van der Waals surface area (Å²) in [6.07, 6.45) is 0. The molecule has 1 aromatic heterocycles. The maximum Gasteiger partial charge on any atom is 0.338 e. The number of halogens is 2. The number of benzene rings is 3. The minimum atomic E-state index is -0.538. The quantitative estimate of drug-likeness (QED) is 0.222. The summed E-state index contributed by atoms with van der Waals surface area (Å²) >= 11 is 1.09. The lowest BCUT2D eigenvalue weighted by molar-refractivity contribution is -0.113. The fraction of sp³-hybridized carbons (Fsp3) is 0.148. The number of carbonyl (C=O) groups is 3. The molecule has 0 unspecified atom stereocenters. The summed E-state index contributed by atoms with van der Waals surface area (Å²) in [5.41, 5.74) is 1.53. The molecule has 0 radical (unpaired) electrons. The number of esters is 1. The number of rotatable bonds is 10. The van der Waals surface area contributed by atoms with Crippen LogP contribution < -0.4 is 10.6 Å². The maximum atomic E-state index is 13.6. The summed E-state index contributed by atoms with van der Waals surface area (Å²) < 4.78 is 33.6. The number of hydrogen-bond acceptors (Lipinski definition) is 7. The second-order valence-electron chi connectivity index (χ2n) is 8.04. The minimum Gasteiger partial charge on any atom is -0.462 e. The van der Waals surface area contributed by atoms with Crippen molar-refractivity contribution in [2.24, 2.45) is 0 Å². The highest BCUT2D eigenvalue weighted by Gasteiger charge is 2.18. The first-order valence-electron chi connectivity index (χ1n) is 11.8. The average molecular weight is 552 g/mol. The van der Waals surface area contributed by atoms with Crippen LogP contribution in [0.3, 0.4) is 0 Å². The molecule has 0 spiro atoms. The molecule has 0 aliphatic heterocycles. The van der Waals surface area contributed by atoms with Crippen molar-refractivity contribution in [3.63, 3.8) is 0 Å². The number of carbonyl (C=O) groups excluding carboxylic acids is 3. The van der Waals surface area contributed by atoms with Crippen molar-refractivity contribution in [3.8, 4) is 5.69 Å². The van der Waals surface area contributed by atoms with E-state index in [2.05, 4.69) is 20.8 Å². The Bertz CT molecular complexity index is 1480. The van der Waals surface area contributed by atoms with Gasteiger partial charge in [0.1, 0.15) is 11.6 Å². The number of nitrogens with one attached hydrogen (secondary N) is 2. The Morgan fingerprint density at radius 2 is 1.67 bits per heavy atom. The normalized spacial score (nSPS) is 10.6. The van der Waals surface area contributed by atoms with E-state index < -0.39 is 23.5 Å². The van der Waals surface area contributed by atoms with Gasteiger partial charge >= 0.3 is 5.97 Å². The van der Waals surface area contributed by atoms with E-state index in [0.717, 1.165) is 17.8 Å². The van der Waals surface area contributed by atoms with E-state index in [1.165, 1.54) is 42.5 Å². The number of thioether (sulfide) groups is 1. The molecule has 12 heteroatoms. The lowest BCUT2D eigenvalue weighted by Crippen LogP contribution is -2.24. The van der Waals surface area contributed by atoms with Gasteiger partial charge in [0.15, 0.2) is 11.0 Å². The second-order valence-corrected chi connectivity index (χ2v) is 8.98. The van der Waals surface area contributed by atoms with Crippen LogP contribution in [0.1, 0.15) is 33.5 Å². The highest BCUT2D eigenvalue weighted by Crippen LogP contribution is 2.23. The van der Waals surface area contributed by atoms with Gasteiger partial charge in [-0.2, -0.15) is 0 Å². The maximum absolute atomic E-state index is 13.6. The van der Waals surface area contributed by atoms with E-state index in [0.29, 0.717) is 27.9 Å². The van der Waals surface area contributed by atoms with E-state index in [9.17, 15) is 23.2 Å². The zero-order chi connectivity index (χ0) is 27.8. The third-order valence-electron chi connectivity index (χ3n) is 5.29. The molecule has 0 bridgehead atoms. The fourth-order valence-electron chi connectivity index (χ4n) is 3.48. The SMILES string of the molecule is CCOC(=O)c1ccc(NC(=O)CSc2nnc(CNC(=O)c3cccc(F)c3)n2-c2ccc(F)cc2)cc1. The third-order valence-corrected chi connectivity index (χ3v) is 6.22. The minimum absolute atomic E-state index is 0.0331. The van der Waals surface area contributed by atoms with Crippen molar-refractivity contribution in [3.05, 3.63) is 101 Å². The van der Waals surface area contributed by atoms with Crippen molar-refractivity contribution in [1.82, 2.24) is 20.1 Å². The number of hydrogen-bond donors (Lipinski definition) is 2. The Hall–Kier alpha value is -4.58. The van der Waals surface area contributed by atoms with Gasteiger partial charge in [-0.1, -0.05) is 17.8 Å². The van der Waals surface area contributed by atoms with E-state index in [4.69, 9.17) is 4.74 Å². The Morgan fingerprint density at radius 1 is 0.923 bits per heavy atom. The van der Waals surface area contributed by atoms with Gasteiger partial charge in [0.25, 0.3) is 5.91 Å². The molecule has 0 aliphatic carbocycles. The van der Waals surface area contributed by atoms with Gasteiger partial charge in [0.2, 0.25) is 5.91 Å². The van der Waals surface area contributed by atoms with Crippen LogP contribution in [0, 0.1) is 11.6 Å². The Labute approximate surface area is 226 Å². The smallest absolute Gasteiger partial charge is 0.338 e. The molecule has 0 fully saturated rings. The predicted molar refractivity (Wildman–Crippen MR) is 141 cm³/mol. The Balaban J connectivity index is 1.45. The Morgan fingerprint density at radius 3 is 2.36 bits per heavy atom. The van der Waals surface area contributed by atoms with Crippen molar-refractivity contribution in [2.45, 2.75) is 18.6 Å². The zero-order valence-corrected chi connectivity index (χ0v) is 21.5. The number of ether oxygens (including phenoxy) is 1. The standard InChI is InChI=1S/C27H23F2N5O4S/c1-2-38-26(37)17-6-10-21(11-7-17)31-24(35)16-39-27-33-32-23(34(27)22-12-8-19(28)9-13-22)15-30-25(36)18-4-3-5-20(29)14-18/h3-14H,2,15-16H2,1H3,(H,30,36)(H,31,35). The van der Waals surface area contributed by atoms with Crippen molar-refractivity contribution < 1.29 is 27.9 Å². The summed E-state index contributed by atoms with van der Waals surface area (Å²) in [6, 6.07) is 17.1. The van der Waals surface area contributed by atoms with Gasteiger partial charge in [-0.25, -0.2) is 13.6 Å². The van der Waals surface area contributed by atoms with Crippen LogP contribution in [0.15, 0.2) is 78.0 Å². The summed E-state index contributed by atoms with van der Waals surface area (Å²) in [5, 5.41) is 14.0. The monoisotopic (exact) mass is 551 g/mol. The highest BCUT2D eigenvalue weighted by molar-refractivity contribution is 7.99. The summed E-state index contributed by atoms with van der Waals surface area (Å²) in [4.78, 5) is 36.9. The van der Waals surface area contributed by atoms with E-state index >= 15 is 0 Å². The molecule has 4 rings (SSSR count). The molecule has 0 saturated heterocycles. The first-order valence-corrected chi connectivity index (χ1v) is 12.8. The molecule has 0 saturated carbocycles. The zero-order valence-electron chi connectivity index (χ0n) is 20.7. The number of anilines is 1. The van der Waals surface area contributed by atoms with Crippen LogP contribution in [-0.4, -0.2) is 44.9 Å². The van der Waals surface area contributed by atoms with E-state index in [1.807, 2.05) is 0 Å². The molecule has 2 amide bonds. The summed E-state index contributed by atoms with van der Waals surface area (Å²) in [6.45, 7) is 1.92. The topological polar surface area (TPSA) is 115 Å². The van der Waals surface area contributed by atoms with Gasteiger partial charge in [0.05, 0.1) is 24.5 Å². The highest BCUT2D eigenvalue weighted by atomic mass is 32.2. The lowest BCUT2D eigenvalue weighted by atomic mass is 10.2. The predicted octanol–water partition coefficient (Wildman–Crippen LogP) is 4.38. The first-order chi connectivity index (χ1) is 18.8. The molecule has 9 nitrogen and oxygen atoms in total. The van der Waals surface area contributed by atoms with Crippen LogP contribution in [0.5, 0.6) is 0 Å². The summed E-state index contributed by atoms with van der Waals surface area (Å²) in [7, 11) is 0. The van der Waals surface area contributed by atoms with E-state index in [1.54, 1.807) is 35.8 Å². The first kappa shape index (κ1) is 27.5. The molecule has 0 atom stereocenters. The molecule has 200 valence electrons. The van der Waals surface area contributed by atoms with Crippen LogP contribution in [0.25, 0.3) is 5.69 Å². The second kappa shape index (κ2) is 12.8. The fourth-order valence-corrected chi connectivity index (χ4v) is 4.25. The molecule has 39 heavy (non-hydrogen) atoms. The van der Waals surface area contributed by atoms with Crippen molar-refractivity contribution >= 4 is 35.2 Å². The summed E-state index contributed by atoms with van der Waals surface area (Å²) in [5.74, 6) is -1.98. The average Bonchev–Trinajstić information content (AvgIpc) is 3.34. The van der Waals surface area contributed by atoms with Crippen LogP contribution >= 0.6 is 11.8 Å². The number of aromatic nitrogens is 3.